The Balaban J connectivity index is 2.19. The van der Waals surface area contributed by atoms with Gasteiger partial charge in [0.2, 0.25) is 0 Å². The van der Waals surface area contributed by atoms with Gasteiger partial charge in [-0.05, 0) is 65.6 Å². The molecule has 0 aliphatic rings. The Morgan fingerprint density at radius 1 is 1.39 bits per heavy atom. The van der Waals surface area contributed by atoms with Gasteiger partial charge in [0, 0.05) is 15.9 Å². The largest absolute Gasteiger partial charge is 0.312 e. The summed E-state index contributed by atoms with van der Waals surface area (Å²) in [5.74, 6) is 0. The van der Waals surface area contributed by atoms with Crippen LogP contribution in [-0.4, -0.2) is 7.05 Å². The van der Waals surface area contributed by atoms with Gasteiger partial charge in [-0.2, -0.15) is 0 Å². The number of aryl methyl sites for hydroxylation is 1. The van der Waals surface area contributed by atoms with E-state index < -0.39 is 0 Å². The molecular formula is C14H15BrClNS. The number of nitrogens with one attached hydrogen (secondary N) is 1. The second kappa shape index (κ2) is 6.20. The molecule has 0 amide bonds. The first-order chi connectivity index (χ1) is 8.60. The van der Waals surface area contributed by atoms with Crippen LogP contribution in [0.4, 0.5) is 0 Å². The minimum absolute atomic E-state index is 0.332. The van der Waals surface area contributed by atoms with Gasteiger partial charge in [-0.1, -0.05) is 23.7 Å². The van der Waals surface area contributed by atoms with Gasteiger partial charge in [-0.3, -0.25) is 0 Å². The predicted octanol–water partition coefficient (Wildman–Crippen LogP) is 4.98. The van der Waals surface area contributed by atoms with Crippen molar-refractivity contribution in [1.29, 1.82) is 0 Å². The van der Waals surface area contributed by atoms with Crippen molar-refractivity contribution in [2.24, 2.45) is 0 Å². The number of rotatable bonds is 4. The standard InChI is InChI=1S/C14H15BrClNS/c1-9-6-13(18-14(9)15)12(17-2)8-10-4-3-5-11(16)7-10/h3-7,12,17H,8H2,1-2H3. The molecule has 0 spiro atoms. The number of likely N-dealkylation sites (N-methyl/N-ethyl adjacent to an activating group) is 1. The molecule has 1 atom stereocenters. The molecule has 1 nitrogen and oxygen atoms in total. The molecule has 0 aliphatic heterocycles. The van der Waals surface area contributed by atoms with E-state index in [0.29, 0.717) is 6.04 Å². The first-order valence-electron chi connectivity index (χ1n) is 5.77. The van der Waals surface area contributed by atoms with Crippen molar-refractivity contribution < 1.29 is 0 Å². The lowest BCUT2D eigenvalue weighted by atomic mass is 10.0. The van der Waals surface area contributed by atoms with Crippen LogP contribution >= 0.6 is 38.9 Å². The molecule has 0 saturated carbocycles. The van der Waals surface area contributed by atoms with Gasteiger partial charge in [0.1, 0.15) is 0 Å². The zero-order valence-corrected chi connectivity index (χ0v) is 13.5. The van der Waals surface area contributed by atoms with Gasteiger partial charge in [-0.25, -0.2) is 0 Å². The summed E-state index contributed by atoms with van der Waals surface area (Å²) in [5, 5.41) is 4.17. The lowest BCUT2D eigenvalue weighted by Gasteiger charge is -2.14. The van der Waals surface area contributed by atoms with Crippen LogP contribution in [0.2, 0.25) is 5.02 Å². The van der Waals surface area contributed by atoms with Gasteiger partial charge >= 0.3 is 0 Å². The second-order valence-corrected chi connectivity index (χ2v) is 7.12. The van der Waals surface area contributed by atoms with Crippen molar-refractivity contribution in [3.8, 4) is 0 Å². The summed E-state index contributed by atoms with van der Waals surface area (Å²) < 4.78 is 1.21. The van der Waals surface area contributed by atoms with E-state index in [1.54, 1.807) is 11.3 Å². The highest BCUT2D eigenvalue weighted by Crippen LogP contribution is 2.32. The minimum Gasteiger partial charge on any atom is -0.312 e. The highest BCUT2D eigenvalue weighted by Gasteiger charge is 2.14. The summed E-state index contributed by atoms with van der Waals surface area (Å²) >= 11 is 11.4. The Morgan fingerprint density at radius 2 is 2.17 bits per heavy atom. The Morgan fingerprint density at radius 3 is 2.72 bits per heavy atom. The van der Waals surface area contributed by atoms with E-state index in [4.69, 9.17) is 11.6 Å². The smallest absolute Gasteiger partial charge is 0.0731 e. The van der Waals surface area contributed by atoms with Gasteiger partial charge in [0.15, 0.2) is 0 Å². The third-order valence-electron chi connectivity index (χ3n) is 2.90. The summed E-state index contributed by atoms with van der Waals surface area (Å²) in [4.78, 5) is 1.35. The van der Waals surface area contributed by atoms with E-state index in [-0.39, 0.29) is 0 Å². The molecule has 0 bridgehead atoms. The Kier molecular flexibility index (Phi) is 4.84. The zero-order valence-electron chi connectivity index (χ0n) is 10.3. The third-order valence-corrected chi connectivity index (χ3v) is 5.38. The number of benzene rings is 1. The van der Waals surface area contributed by atoms with E-state index in [1.807, 2.05) is 25.2 Å². The van der Waals surface area contributed by atoms with Gasteiger partial charge in [-0.15, -0.1) is 11.3 Å². The summed E-state index contributed by atoms with van der Waals surface area (Å²) in [5.41, 5.74) is 2.55. The average molecular weight is 345 g/mol. The molecule has 0 saturated heterocycles. The quantitative estimate of drug-likeness (QED) is 0.825. The summed E-state index contributed by atoms with van der Waals surface area (Å²) in [6.07, 6.45) is 0.948. The Hall–Kier alpha value is -0.350. The van der Waals surface area contributed by atoms with E-state index in [1.165, 1.54) is 19.8 Å². The van der Waals surface area contributed by atoms with Crippen molar-refractivity contribution in [3.63, 3.8) is 0 Å². The number of hydrogen-bond donors (Lipinski definition) is 1. The molecule has 1 N–H and O–H groups in total. The van der Waals surface area contributed by atoms with E-state index in [0.717, 1.165) is 11.4 Å². The van der Waals surface area contributed by atoms with E-state index in [2.05, 4.69) is 40.3 Å². The fraction of sp³-hybridized carbons (Fsp3) is 0.286. The maximum absolute atomic E-state index is 6.02. The lowest BCUT2D eigenvalue weighted by Crippen LogP contribution is -2.17. The van der Waals surface area contributed by atoms with Crippen LogP contribution in [-0.2, 0) is 6.42 Å². The molecule has 96 valence electrons. The molecule has 2 rings (SSSR count). The molecule has 1 aromatic heterocycles. The lowest BCUT2D eigenvalue weighted by molar-refractivity contribution is 0.602. The number of thiophene rings is 1. The van der Waals surface area contributed by atoms with Crippen LogP contribution in [0.1, 0.15) is 22.0 Å². The maximum atomic E-state index is 6.02. The molecule has 1 heterocycles. The fourth-order valence-corrected chi connectivity index (χ4v) is 3.79. The molecule has 2 aromatic rings. The molecule has 0 fully saturated rings. The van der Waals surface area contributed by atoms with Crippen molar-refractivity contribution >= 4 is 38.9 Å². The van der Waals surface area contributed by atoms with Crippen molar-refractivity contribution in [1.82, 2.24) is 5.32 Å². The van der Waals surface area contributed by atoms with Crippen LogP contribution in [0.3, 0.4) is 0 Å². The van der Waals surface area contributed by atoms with Crippen LogP contribution in [0, 0.1) is 6.92 Å². The summed E-state index contributed by atoms with van der Waals surface area (Å²) in [6, 6.07) is 10.6. The molecule has 0 aliphatic carbocycles. The first kappa shape index (κ1) is 14.1. The van der Waals surface area contributed by atoms with Gasteiger partial charge < -0.3 is 5.32 Å². The number of halogens is 2. The van der Waals surface area contributed by atoms with Gasteiger partial charge in [0.25, 0.3) is 0 Å². The molecule has 1 unspecified atom stereocenters. The van der Waals surface area contributed by atoms with Crippen LogP contribution in [0.15, 0.2) is 34.1 Å². The normalized spacial score (nSPS) is 12.7. The predicted molar refractivity (Wildman–Crippen MR) is 83.7 cm³/mol. The molecular weight excluding hydrogens is 330 g/mol. The third kappa shape index (κ3) is 3.35. The monoisotopic (exact) mass is 343 g/mol. The van der Waals surface area contributed by atoms with Gasteiger partial charge in [0.05, 0.1) is 3.79 Å². The Labute approximate surface area is 125 Å². The van der Waals surface area contributed by atoms with Crippen LogP contribution < -0.4 is 5.32 Å². The second-order valence-electron chi connectivity index (χ2n) is 4.28. The zero-order chi connectivity index (χ0) is 13.1. The molecule has 1 aromatic carbocycles. The number of hydrogen-bond acceptors (Lipinski definition) is 2. The Bertz CT molecular complexity index is 519. The topological polar surface area (TPSA) is 12.0 Å². The highest BCUT2D eigenvalue weighted by molar-refractivity contribution is 9.11. The van der Waals surface area contributed by atoms with Crippen molar-refractivity contribution in [2.45, 2.75) is 19.4 Å². The molecule has 18 heavy (non-hydrogen) atoms. The average Bonchev–Trinajstić information content (AvgIpc) is 2.66. The molecule has 0 radical (unpaired) electrons. The fourth-order valence-electron chi connectivity index (χ4n) is 1.90. The molecule has 4 heteroatoms. The maximum Gasteiger partial charge on any atom is 0.0731 e. The summed E-state index contributed by atoms with van der Waals surface area (Å²) in [7, 11) is 2.00. The minimum atomic E-state index is 0.332. The van der Waals surface area contributed by atoms with Crippen molar-refractivity contribution in [3.05, 3.63) is 55.1 Å². The van der Waals surface area contributed by atoms with E-state index in [9.17, 15) is 0 Å². The summed E-state index contributed by atoms with van der Waals surface area (Å²) in [6.45, 7) is 2.12. The van der Waals surface area contributed by atoms with Crippen LogP contribution in [0.5, 0.6) is 0 Å². The van der Waals surface area contributed by atoms with Crippen LogP contribution in [0.25, 0.3) is 0 Å². The van der Waals surface area contributed by atoms with E-state index >= 15 is 0 Å². The highest BCUT2D eigenvalue weighted by atomic mass is 79.9. The first-order valence-corrected chi connectivity index (χ1v) is 7.76. The SMILES string of the molecule is CNC(Cc1cccc(Cl)c1)c1cc(C)c(Br)s1. The van der Waals surface area contributed by atoms with Crippen molar-refractivity contribution in [2.75, 3.05) is 7.05 Å².